The molecule has 1 aromatic heterocycles. The summed E-state index contributed by atoms with van der Waals surface area (Å²) in [7, 11) is 0. The second-order valence-electron chi connectivity index (χ2n) is 6.55. The van der Waals surface area contributed by atoms with E-state index in [1.54, 1.807) is 23.1 Å². The van der Waals surface area contributed by atoms with Crippen molar-refractivity contribution in [3.05, 3.63) is 82.4 Å². The molecule has 5 nitrogen and oxygen atoms in total. The fourth-order valence-electron chi connectivity index (χ4n) is 3.31. The van der Waals surface area contributed by atoms with Gasteiger partial charge in [-0.05, 0) is 30.5 Å². The number of benzene rings is 2. The Morgan fingerprint density at radius 2 is 2.00 bits per heavy atom. The van der Waals surface area contributed by atoms with E-state index < -0.39 is 5.79 Å². The van der Waals surface area contributed by atoms with Gasteiger partial charge in [-0.1, -0.05) is 59.6 Å². The zero-order valence-corrected chi connectivity index (χ0v) is 16.1. The molecule has 2 unspecified atom stereocenters. The molecule has 0 bridgehead atoms. The SMILES string of the molecule is Clc1ccc(C2(Cn3cncn3)OCC(CCc3ccccc3)O2)c(Cl)c1. The first kappa shape index (κ1) is 18.4. The minimum Gasteiger partial charge on any atom is -0.342 e. The van der Waals surface area contributed by atoms with Gasteiger partial charge in [0.1, 0.15) is 19.2 Å². The maximum absolute atomic E-state index is 6.47. The molecule has 0 aliphatic carbocycles. The summed E-state index contributed by atoms with van der Waals surface area (Å²) in [5, 5.41) is 5.27. The number of rotatable bonds is 6. The van der Waals surface area contributed by atoms with Gasteiger partial charge in [0.2, 0.25) is 5.79 Å². The molecule has 1 aliphatic rings. The van der Waals surface area contributed by atoms with Gasteiger partial charge in [-0.2, -0.15) is 5.10 Å². The first-order valence-electron chi connectivity index (χ1n) is 8.78. The fourth-order valence-corrected chi connectivity index (χ4v) is 3.87. The zero-order valence-electron chi connectivity index (χ0n) is 14.6. The van der Waals surface area contributed by atoms with Crippen LogP contribution in [0, 0.1) is 0 Å². The number of halogens is 2. The highest BCUT2D eigenvalue weighted by molar-refractivity contribution is 6.35. The number of aryl methyl sites for hydroxylation is 1. The fraction of sp³-hybridized carbons (Fsp3) is 0.300. The maximum Gasteiger partial charge on any atom is 0.217 e. The maximum atomic E-state index is 6.47. The average molecular weight is 404 g/mol. The second-order valence-corrected chi connectivity index (χ2v) is 7.39. The minimum atomic E-state index is -1.02. The summed E-state index contributed by atoms with van der Waals surface area (Å²) in [5.74, 6) is -1.02. The summed E-state index contributed by atoms with van der Waals surface area (Å²) in [5.41, 5.74) is 2.02. The lowest BCUT2D eigenvalue weighted by atomic mass is 10.1. The van der Waals surface area contributed by atoms with Crippen LogP contribution in [-0.4, -0.2) is 27.5 Å². The Bertz CT molecular complexity index is 890. The minimum absolute atomic E-state index is 0.0412. The van der Waals surface area contributed by atoms with Crippen LogP contribution < -0.4 is 0 Å². The molecule has 0 saturated carbocycles. The first-order chi connectivity index (χ1) is 13.1. The average Bonchev–Trinajstić information content (AvgIpc) is 3.32. The molecule has 2 heterocycles. The van der Waals surface area contributed by atoms with Crippen molar-refractivity contribution in [1.29, 1.82) is 0 Å². The van der Waals surface area contributed by atoms with E-state index >= 15 is 0 Å². The van der Waals surface area contributed by atoms with Gasteiger partial charge in [0.05, 0.1) is 17.7 Å². The summed E-state index contributed by atoms with van der Waals surface area (Å²) in [6, 6.07) is 15.7. The molecule has 0 N–H and O–H groups in total. The predicted octanol–water partition coefficient (Wildman–Crippen LogP) is 4.49. The van der Waals surface area contributed by atoms with Crippen LogP contribution in [-0.2, 0) is 28.2 Å². The Morgan fingerprint density at radius 1 is 1.15 bits per heavy atom. The van der Waals surface area contributed by atoms with E-state index in [2.05, 4.69) is 22.2 Å². The first-order valence-corrected chi connectivity index (χ1v) is 9.54. The molecule has 2 atom stereocenters. The number of nitrogens with zero attached hydrogens (tertiary/aromatic N) is 3. The highest BCUT2D eigenvalue weighted by Crippen LogP contribution is 2.41. The molecule has 0 spiro atoms. The quantitative estimate of drug-likeness (QED) is 0.608. The summed E-state index contributed by atoms with van der Waals surface area (Å²) >= 11 is 12.5. The Balaban J connectivity index is 1.56. The van der Waals surface area contributed by atoms with Crippen LogP contribution in [0.1, 0.15) is 17.5 Å². The summed E-state index contributed by atoms with van der Waals surface area (Å²) < 4.78 is 14.3. The summed E-state index contributed by atoms with van der Waals surface area (Å²) in [6.07, 6.45) is 4.85. The second kappa shape index (κ2) is 7.98. The van der Waals surface area contributed by atoms with Crippen molar-refractivity contribution in [2.75, 3.05) is 6.61 Å². The molecular formula is C20H19Cl2N3O2. The standard InChI is InChI=1S/C20H19Cl2N3O2/c21-16-7-9-18(19(22)10-16)20(12-25-14-23-13-24-25)26-11-17(27-20)8-6-15-4-2-1-3-5-15/h1-5,7,9-10,13-14,17H,6,8,11-12H2. The Morgan fingerprint density at radius 3 is 2.74 bits per heavy atom. The van der Waals surface area contributed by atoms with Crippen molar-refractivity contribution in [1.82, 2.24) is 14.8 Å². The molecule has 140 valence electrons. The van der Waals surface area contributed by atoms with Gasteiger partial charge in [0, 0.05) is 10.6 Å². The van der Waals surface area contributed by atoms with Gasteiger partial charge in [0.25, 0.3) is 0 Å². The monoisotopic (exact) mass is 403 g/mol. The Hall–Kier alpha value is -1.92. The van der Waals surface area contributed by atoms with Gasteiger partial charge in [-0.15, -0.1) is 0 Å². The van der Waals surface area contributed by atoms with Crippen molar-refractivity contribution in [3.63, 3.8) is 0 Å². The van der Waals surface area contributed by atoms with Crippen LogP contribution in [0.15, 0.2) is 61.2 Å². The molecule has 0 radical (unpaired) electrons. The van der Waals surface area contributed by atoms with Gasteiger partial charge < -0.3 is 9.47 Å². The van der Waals surface area contributed by atoms with Crippen molar-refractivity contribution in [3.8, 4) is 0 Å². The summed E-state index contributed by atoms with van der Waals surface area (Å²) in [4.78, 5) is 4.01. The van der Waals surface area contributed by atoms with Crippen molar-refractivity contribution < 1.29 is 9.47 Å². The molecule has 2 aromatic carbocycles. The van der Waals surface area contributed by atoms with E-state index in [0.717, 1.165) is 18.4 Å². The topological polar surface area (TPSA) is 49.2 Å². The van der Waals surface area contributed by atoms with E-state index in [1.165, 1.54) is 11.9 Å². The zero-order chi connectivity index (χ0) is 18.7. The molecule has 27 heavy (non-hydrogen) atoms. The molecule has 7 heteroatoms. The number of hydrogen-bond donors (Lipinski definition) is 0. The number of aromatic nitrogens is 3. The highest BCUT2D eigenvalue weighted by atomic mass is 35.5. The van der Waals surface area contributed by atoms with Crippen LogP contribution in [0.2, 0.25) is 10.0 Å². The Kier molecular flexibility index (Phi) is 5.45. The number of ether oxygens (including phenoxy) is 2. The Labute approximate surface area is 167 Å². The van der Waals surface area contributed by atoms with E-state index in [1.807, 2.05) is 24.3 Å². The van der Waals surface area contributed by atoms with Crippen LogP contribution in [0.5, 0.6) is 0 Å². The summed E-state index contributed by atoms with van der Waals surface area (Å²) in [6.45, 7) is 0.844. The smallest absolute Gasteiger partial charge is 0.217 e. The lowest BCUT2D eigenvalue weighted by molar-refractivity contribution is -0.189. The van der Waals surface area contributed by atoms with Crippen molar-refractivity contribution in [2.45, 2.75) is 31.3 Å². The van der Waals surface area contributed by atoms with Gasteiger partial charge in [0.15, 0.2) is 0 Å². The van der Waals surface area contributed by atoms with Gasteiger partial charge >= 0.3 is 0 Å². The lowest BCUT2D eigenvalue weighted by Gasteiger charge is -2.29. The molecule has 1 fully saturated rings. The van der Waals surface area contributed by atoms with Crippen LogP contribution in [0.25, 0.3) is 0 Å². The molecule has 3 aromatic rings. The molecule has 1 aliphatic heterocycles. The van der Waals surface area contributed by atoms with E-state index in [4.69, 9.17) is 32.7 Å². The number of hydrogen-bond acceptors (Lipinski definition) is 4. The van der Waals surface area contributed by atoms with E-state index in [0.29, 0.717) is 23.2 Å². The normalized spacial score (nSPS) is 22.2. The van der Waals surface area contributed by atoms with Crippen LogP contribution in [0.4, 0.5) is 0 Å². The van der Waals surface area contributed by atoms with Crippen LogP contribution >= 0.6 is 23.2 Å². The highest BCUT2D eigenvalue weighted by Gasteiger charge is 2.45. The predicted molar refractivity (Wildman–Crippen MR) is 104 cm³/mol. The molecular weight excluding hydrogens is 385 g/mol. The van der Waals surface area contributed by atoms with E-state index in [-0.39, 0.29) is 6.10 Å². The molecule has 4 rings (SSSR count). The molecule has 1 saturated heterocycles. The third-order valence-corrected chi connectivity index (χ3v) is 5.18. The lowest BCUT2D eigenvalue weighted by Crippen LogP contribution is -2.34. The third kappa shape index (κ3) is 4.17. The van der Waals surface area contributed by atoms with Crippen LogP contribution in [0.3, 0.4) is 0 Å². The van der Waals surface area contributed by atoms with Crippen molar-refractivity contribution >= 4 is 23.2 Å². The largest absolute Gasteiger partial charge is 0.342 e. The molecule has 0 amide bonds. The van der Waals surface area contributed by atoms with Gasteiger partial charge in [-0.3, -0.25) is 0 Å². The van der Waals surface area contributed by atoms with Crippen molar-refractivity contribution in [2.24, 2.45) is 0 Å². The van der Waals surface area contributed by atoms with Gasteiger partial charge in [-0.25, -0.2) is 9.67 Å². The third-order valence-electron chi connectivity index (χ3n) is 4.64. The van der Waals surface area contributed by atoms with E-state index in [9.17, 15) is 0 Å².